The van der Waals surface area contributed by atoms with Crippen LogP contribution in [0.25, 0.3) is 0 Å². The number of anilines is 1. The molecule has 2 aromatic heterocycles. The van der Waals surface area contributed by atoms with Gasteiger partial charge in [0, 0.05) is 25.4 Å². The van der Waals surface area contributed by atoms with E-state index >= 15 is 0 Å². The fraction of sp³-hybridized carbons (Fsp3) is 0.357. The van der Waals surface area contributed by atoms with E-state index in [1.165, 1.54) is 12.8 Å². The quantitative estimate of drug-likeness (QED) is 0.823. The van der Waals surface area contributed by atoms with Crippen molar-refractivity contribution < 1.29 is 0 Å². The molecule has 2 aromatic rings. The van der Waals surface area contributed by atoms with Crippen molar-refractivity contribution >= 4 is 5.82 Å². The maximum atomic E-state index is 4.62. The van der Waals surface area contributed by atoms with E-state index in [0.29, 0.717) is 5.92 Å². The smallest absolute Gasteiger partial charge is 0.133 e. The molecule has 0 aromatic carbocycles. The van der Waals surface area contributed by atoms with Crippen LogP contribution >= 0.6 is 0 Å². The molecule has 0 aliphatic heterocycles. The molecule has 1 saturated carbocycles. The predicted molar refractivity (Wildman–Crippen MR) is 70.4 cm³/mol. The topological polar surface area (TPSA) is 41.9 Å². The summed E-state index contributed by atoms with van der Waals surface area (Å²) in [6.45, 7) is 0.766. The van der Waals surface area contributed by atoms with Gasteiger partial charge in [0.25, 0.3) is 0 Å². The standard InChI is InChI=1S/C14H16N4/c1-18(10-12-4-2-3-8-15-12)13-7-9-16-14(17-13)11-5-6-11/h2-4,7-9,11H,5-6,10H2,1H3. The molecule has 4 heteroatoms. The molecule has 0 atom stereocenters. The summed E-state index contributed by atoms with van der Waals surface area (Å²) in [4.78, 5) is 15.4. The Morgan fingerprint density at radius 2 is 2.06 bits per heavy atom. The van der Waals surface area contributed by atoms with Crippen LogP contribution in [0.4, 0.5) is 5.82 Å². The first-order chi connectivity index (χ1) is 8.83. The van der Waals surface area contributed by atoms with Gasteiger partial charge in [-0.3, -0.25) is 4.98 Å². The van der Waals surface area contributed by atoms with Gasteiger partial charge in [-0.25, -0.2) is 9.97 Å². The van der Waals surface area contributed by atoms with Gasteiger partial charge in [-0.2, -0.15) is 0 Å². The van der Waals surface area contributed by atoms with Crippen LogP contribution in [0.2, 0.25) is 0 Å². The van der Waals surface area contributed by atoms with Crippen molar-refractivity contribution in [1.82, 2.24) is 15.0 Å². The van der Waals surface area contributed by atoms with E-state index in [1.807, 2.05) is 43.7 Å². The summed E-state index contributed by atoms with van der Waals surface area (Å²) < 4.78 is 0. The molecule has 0 bridgehead atoms. The van der Waals surface area contributed by atoms with E-state index in [9.17, 15) is 0 Å². The summed E-state index contributed by atoms with van der Waals surface area (Å²) in [6, 6.07) is 7.92. The lowest BCUT2D eigenvalue weighted by atomic mass is 10.3. The second-order valence-corrected chi connectivity index (χ2v) is 4.72. The minimum Gasteiger partial charge on any atom is -0.354 e. The highest BCUT2D eigenvalue weighted by atomic mass is 15.2. The average molecular weight is 240 g/mol. The fourth-order valence-electron chi connectivity index (χ4n) is 1.93. The van der Waals surface area contributed by atoms with E-state index in [4.69, 9.17) is 0 Å². The monoisotopic (exact) mass is 240 g/mol. The van der Waals surface area contributed by atoms with Crippen LogP contribution in [-0.2, 0) is 6.54 Å². The Kier molecular flexibility index (Phi) is 2.92. The van der Waals surface area contributed by atoms with Crippen molar-refractivity contribution in [3.63, 3.8) is 0 Å². The molecule has 18 heavy (non-hydrogen) atoms. The number of rotatable bonds is 4. The highest BCUT2D eigenvalue weighted by Gasteiger charge is 2.26. The minimum absolute atomic E-state index is 0.591. The Morgan fingerprint density at radius 3 is 2.78 bits per heavy atom. The second kappa shape index (κ2) is 4.72. The van der Waals surface area contributed by atoms with Gasteiger partial charge in [0.1, 0.15) is 11.6 Å². The Labute approximate surface area is 107 Å². The van der Waals surface area contributed by atoms with Crippen molar-refractivity contribution in [2.24, 2.45) is 0 Å². The predicted octanol–water partition coefficient (Wildman–Crippen LogP) is 2.39. The summed E-state index contributed by atoms with van der Waals surface area (Å²) in [5.41, 5.74) is 1.05. The molecule has 0 amide bonds. The molecule has 0 saturated heterocycles. The Morgan fingerprint density at radius 1 is 1.17 bits per heavy atom. The summed E-state index contributed by atoms with van der Waals surface area (Å²) in [6.07, 6.45) is 6.13. The molecule has 1 aliphatic carbocycles. The molecular weight excluding hydrogens is 224 g/mol. The van der Waals surface area contributed by atoms with Gasteiger partial charge in [-0.1, -0.05) is 6.07 Å². The number of aromatic nitrogens is 3. The lowest BCUT2D eigenvalue weighted by molar-refractivity contribution is 0.836. The third-order valence-corrected chi connectivity index (χ3v) is 3.12. The van der Waals surface area contributed by atoms with Gasteiger partial charge in [-0.05, 0) is 31.0 Å². The number of pyridine rings is 1. The van der Waals surface area contributed by atoms with Crippen LogP contribution < -0.4 is 4.90 Å². The lowest BCUT2D eigenvalue weighted by Gasteiger charge is -2.17. The Hall–Kier alpha value is -1.97. The Balaban J connectivity index is 1.75. The van der Waals surface area contributed by atoms with Gasteiger partial charge in [0.2, 0.25) is 0 Å². The zero-order valence-electron chi connectivity index (χ0n) is 10.5. The summed E-state index contributed by atoms with van der Waals surface area (Å²) in [5.74, 6) is 2.55. The van der Waals surface area contributed by atoms with Crippen LogP contribution in [-0.4, -0.2) is 22.0 Å². The largest absolute Gasteiger partial charge is 0.354 e. The molecule has 0 radical (unpaired) electrons. The van der Waals surface area contributed by atoms with Crippen LogP contribution in [0.5, 0.6) is 0 Å². The first-order valence-corrected chi connectivity index (χ1v) is 6.27. The van der Waals surface area contributed by atoms with E-state index in [0.717, 1.165) is 23.9 Å². The van der Waals surface area contributed by atoms with Gasteiger partial charge in [-0.15, -0.1) is 0 Å². The van der Waals surface area contributed by atoms with Crippen molar-refractivity contribution in [1.29, 1.82) is 0 Å². The van der Waals surface area contributed by atoms with E-state index in [-0.39, 0.29) is 0 Å². The van der Waals surface area contributed by atoms with Gasteiger partial charge >= 0.3 is 0 Å². The average Bonchev–Trinajstić information content (AvgIpc) is 3.24. The van der Waals surface area contributed by atoms with Crippen molar-refractivity contribution in [3.8, 4) is 0 Å². The lowest BCUT2D eigenvalue weighted by Crippen LogP contribution is -2.19. The molecule has 0 unspecified atom stereocenters. The first-order valence-electron chi connectivity index (χ1n) is 6.27. The van der Waals surface area contributed by atoms with Gasteiger partial charge in [0.15, 0.2) is 0 Å². The van der Waals surface area contributed by atoms with Crippen LogP contribution in [0.15, 0.2) is 36.7 Å². The normalized spacial score (nSPS) is 14.5. The highest BCUT2D eigenvalue weighted by Crippen LogP contribution is 2.38. The maximum Gasteiger partial charge on any atom is 0.133 e. The van der Waals surface area contributed by atoms with Crippen molar-refractivity contribution in [2.75, 3.05) is 11.9 Å². The van der Waals surface area contributed by atoms with E-state index in [2.05, 4.69) is 19.9 Å². The van der Waals surface area contributed by atoms with Gasteiger partial charge in [0.05, 0.1) is 12.2 Å². The third kappa shape index (κ3) is 2.47. The van der Waals surface area contributed by atoms with Gasteiger partial charge < -0.3 is 4.90 Å². The second-order valence-electron chi connectivity index (χ2n) is 4.72. The molecule has 0 spiro atoms. The Bertz CT molecular complexity index is 522. The summed E-state index contributed by atoms with van der Waals surface area (Å²) >= 11 is 0. The first kappa shape index (κ1) is 11.1. The third-order valence-electron chi connectivity index (χ3n) is 3.12. The minimum atomic E-state index is 0.591. The highest BCUT2D eigenvalue weighted by molar-refractivity contribution is 5.37. The van der Waals surface area contributed by atoms with E-state index in [1.54, 1.807) is 0 Å². The summed E-state index contributed by atoms with van der Waals surface area (Å²) in [5, 5.41) is 0. The summed E-state index contributed by atoms with van der Waals surface area (Å²) in [7, 11) is 2.04. The van der Waals surface area contributed by atoms with Crippen molar-refractivity contribution in [3.05, 3.63) is 48.2 Å². The number of nitrogens with zero attached hydrogens (tertiary/aromatic N) is 4. The fourth-order valence-corrected chi connectivity index (χ4v) is 1.93. The number of hydrogen-bond acceptors (Lipinski definition) is 4. The van der Waals surface area contributed by atoms with Crippen molar-refractivity contribution in [2.45, 2.75) is 25.3 Å². The number of hydrogen-bond donors (Lipinski definition) is 0. The molecule has 92 valence electrons. The molecular formula is C14H16N4. The molecule has 1 aliphatic rings. The molecule has 3 rings (SSSR count). The maximum absolute atomic E-state index is 4.62. The zero-order valence-corrected chi connectivity index (χ0v) is 10.5. The van der Waals surface area contributed by atoms with Crippen LogP contribution in [0.3, 0.4) is 0 Å². The van der Waals surface area contributed by atoms with Crippen LogP contribution in [0, 0.1) is 0 Å². The van der Waals surface area contributed by atoms with E-state index < -0.39 is 0 Å². The molecule has 2 heterocycles. The SMILES string of the molecule is CN(Cc1ccccn1)c1ccnc(C2CC2)n1. The van der Waals surface area contributed by atoms with Crippen LogP contribution in [0.1, 0.15) is 30.3 Å². The molecule has 4 nitrogen and oxygen atoms in total. The molecule has 0 N–H and O–H groups in total. The zero-order chi connectivity index (χ0) is 12.4. The molecule has 1 fully saturated rings.